The van der Waals surface area contributed by atoms with Gasteiger partial charge in [-0.3, -0.25) is 0 Å². The zero-order valence-electron chi connectivity index (χ0n) is 12.7. The van der Waals surface area contributed by atoms with E-state index >= 15 is 0 Å². The summed E-state index contributed by atoms with van der Waals surface area (Å²) in [5, 5.41) is 5.43. The Morgan fingerprint density at radius 1 is 1.17 bits per heavy atom. The highest BCUT2D eigenvalue weighted by molar-refractivity contribution is 7.19. The Kier molecular flexibility index (Phi) is 4.76. The van der Waals surface area contributed by atoms with Crippen LogP contribution in [0.1, 0.15) is 28.8 Å². The van der Waals surface area contributed by atoms with Gasteiger partial charge >= 0.3 is 0 Å². The number of nitrogens with one attached hydrogen (secondary N) is 1. The van der Waals surface area contributed by atoms with E-state index in [0.717, 1.165) is 33.3 Å². The maximum absolute atomic E-state index is 6.22. The average molecular weight is 366 g/mol. The molecule has 0 spiro atoms. The number of fused-ring (bicyclic) bond motifs is 3. The molecule has 0 fully saturated rings. The van der Waals surface area contributed by atoms with Crippen molar-refractivity contribution in [1.29, 1.82) is 0 Å². The monoisotopic (exact) mass is 365 g/mol. The highest BCUT2D eigenvalue weighted by Crippen LogP contribution is 2.39. The van der Waals surface area contributed by atoms with Crippen molar-refractivity contribution in [1.82, 2.24) is 9.97 Å². The molecule has 1 aliphatic carbocycles. The summed E-state index contributed by atoms with van der Waals surface area (Å²) in [5.74, 6) is 0.898. The minimum atomic E-state index is 0. The van der Waals surface area contributed by atoms with Crippen molar-refractivity contribution in [2.75, 3.05) is 5.32 Å². The number of anilines is 2. The van der Waals surface area contributed by atoms with Crippen LogP contribution in [0.25, 0.3) is 10.2 Å². The van der Waals surface area contributed by atoms with Crippen molar-refractivity contribution in [3.63, 3.8) is 0 Å². The summed E-state index contributed by atoms with van der Waals surface area (Å²) >= 11 is 8.04. The summed E-state index contributed by atoms with van der Waals surface area (Å²) < 4.78 is 0. The Hall–Kier alpha value is -1.36. The maximum Gasteiger partial charge on any atom is 0.142 e. The van der Waals surface area contributed by atoms with Crippen LogP contribution in [-0.2, 0) is 12.8 Å². The summed E-state index contributed by atoms with van der Waals surface area (Å²) in [5.41, 5.74) is 3.48. The molecule has 0 saturated carbocycles. The van der Waals surface area contributed by atoms with E-state index in [-0.39, 0.29) is 12.4 Å². The van der Waals surface area contributed by atoms with E-state index in [1.54, 1.807) is 6.33 Å². The van der Waals surface area contributed by atoms with Crippen LogP contribution in [0.4, 0.5) is 11.5 Å². The quantitative estimate of drug-likeness (QED) is 0.632. The fraction of sp³-hybridized carbons (Fsp3) is 0.294. The third-order valence-corrected chi connectivity index (χ3v) is 5.88. The number of hydrogen-bond donors (Lipinski definition) is 1. The van der Waals surface area contributed by atoms with Crippen LogP contribution in [0.2, 0.25) is 5.02 Å². The van der Waals surface area contributed by atoms with Gasteiger partial charge in [0.2, 0.25) is 0 Å². The van der Waals surface area contributed by atoms with Crippen molar-refractivity contribution in [3.05, 3.63) is 45.6 Å². The molecule has 0 aliphatic heterocycles. The lowest BCUT2D eigenvalue weighted by Gasteiger charge is -2.13. The number of thiophene rings is 1. The zero-order chi connectivity index (χ0) is 15.1. The number of benzene rings is 1. The fourth-order valence-corrected chi connectivity index (χ4v) is 4.46. The highest BCUT2D eigenvalue weighted by atomic mass is 35.5. The molecule has 3 aromatic rings. The number of rotatable bonds is 2. The van der Waals surface area contributed by atoms with Gasteiger partial charge in [-0.15, -0.1) is 23.7 Å². The molecule has 6 heteroatoms. The Labute approximate surface area is 150 Å². The normalized spacial score (nSPS) is 13.5. The maximum atomic E-state index is 6.22. The molecule has 1 aliphatic rings. The first-order chi connectivity index (χ1) is 10.7. The Morgan fingerprint density at radius 3 is 2.87 bits per heavy atom. The molecule has 23 heavy (non-hydrogen) atoms. The van der Waals surface area contributed by atoms with Gasteiger partial charge in [0.25, 0.3) is 0 Å². The summed E-state index contributed by atoms with van der Waals surface area (Å²) in [6.07, 6.45) is 6.48. The van der Waals surface area contributed by atoms with Gasteiger partial charge in [-0.25, -0.2) is 9.97 Å². The topological polar surface area (TPSA) is 37.8 Å². The van der Waals surface area contributed by atoms with Gasteiger partial charge in [-0.05, 0) is 55.9 Å². The Balaban J connectivity index is 0.00000156. The van der Waals surface area contributed by atoms with E-state index in [0.29, 0.717) is 0 Å². The minimum absolute atomic E-state index is 0. The number of halogens is 2. The first kappa shape index (κ1) is 16.5. The number of aryl methyl sites for hydroxylation is 2. The summed E-state index contributed by atoms with van der Waals surface area (Å²) in [6, 6.07) is 5.90. The molecule has 1 N–H and O–H groups in total. The average Bonchev–Trinajstić information content (AvgIpc) is 2.91. The van der Waals surface area contributed by atoms with Crippen LogP contribution in [0, 0.1) is 6.92 Å². The molecule has 0 bridgehead atoms. The van der Waals surface area contributed by atoms with Gasteiger partial charge < -0.3 is 5.32 Å². The van der Waals surface area contributed by atoms with E-state index in [9.17, 15) is 0 Å². The molecule has 0 radical (unpaired) electrons. The van der Waals surface area contributed by atoms with Crippen molar-refractivity contribution in [3.8, 4) is 0 Å². The van der Waals surface area contributed by atoms with Crippen molar-refractivity contribution in [2.24, 2.45) is 0 Å². The van der Waals surface area contributed by atoms with Gasteiger partial charge in [0, 0.05) is 15.6 Å². The second kappa shape index (κ2) is 6.63. The van der Waals surface area contributed by atoms with Crippen LogP contribution in [-0.4, -0.2) is 9.97 Å². The summed E-state index contributed by atoms with van der Waals surface area (Å²) in [4.78, 5) is 11.5. The molecule has 120 valence electrons. The van der Waals surface area contributed by atoms with Crippen LogP contribution in [0.5, 0.6) is 0 Å². The summed E-state index contributed by atoms with van der Waals surface area (Å²) in [6.45, 7) is 2.02. The predicted molar refractivity (Wildman–Crippen MR) is 101 cm³/mol. The van der Waals surface area contributed by atoms with Gasteiger partial charge in [0.05, 0.1) is 5.39 Å². The minimum Gasteiger partial charge on any atom is -0.339 e. The molecule has 3 nitrogen and oxygen atoms in total. The molecule has 0 saturated heterocycles. The smallest absolute Gasteiger partial charge is 0.142 e. The first-order valence-corrected chi connectivity index (χ1v) is 8.71. The largest absolute Gasteiger partial charge is 0.339 e. The third-order valence-electron chi connectivity index (χ3n) is 4.27. The predicted octanol–water partition coefficient (Wildman–Crippen LogP) is 5.70. The lowest BCUT2D eigenvalue weighted by Crippen LogP contribution is -2.01. The summed E-state index contributed by atoms with van der Waals surface area (Å²) in [7, 11) is 0. The van der Waals surface area contributed by atoms with Gasteiger partial charge in [-0.1, -0.05) is 17.7 Å². The van der Waals surface area contributed by atoms with E-state index in [1.165, 1.54) is 35.1 Å². The van der Waals surface area contributed by atoms with Crippen LogP contribution >= 0.6 is 35.3 Å². The first-order valence-electron chi connectivity index (χ1n) is 7.51. The lowest BCUT2D eigenvalue weighted by atomic mass is 9.97. The van der Waals surface area contributed by atoms with Gasteiger partial charge in [0.1, 0.15) is 17.0 Å². The molecular weight excluding hydrogens is 349 g/mol. The van der Waals surface area contributed by atoms with Crippen LogP contribution in [0.15, 0.2) is 24.5 Å². The second-order valence-corrected chi connectivity index (χ2v) is 7.14. The molecule has 0 unspecified atom stereocenters. The molecule has 1 aromatic carbocycles. The van der Waals surface area contributed by atoms with Crippen molar-refractivity contribution < 1.29 is 0 Å². The van der Waals surface area contributed by atoms with E-state index in [1.807, 2.05) is 36.5 Å². The Morgan fingerprint density at radius 2 is 2.00 bits per heavy atom. The van der Waals surface area contributed by atoms with Crippen LogP contribution < -0.4 is 5.32 Å². The standard InChI is InChI=1S/C17H16ClN3S.ClH/c1-10-12(18)6-4-7-13(10)21-16-15-11-5-2-3-8-14(11)22-17(15)20-9-19-16;/h4,6-7,9H,2-3,5,8H2,1H3,(H,19,20,21);1H. The second-order valence-electron chi connectivity index (χ2n) is 5.65. The number of hydrogen-bond acceptors (Lipinski definition) is 4. The fourth-order valence-electron chi connectivity index (χ4n) is 3.06. The number of aromatic nitrogens is 2. The van der Waals surface area contributed by atoms with Crippen molar-refractivity contribution in [2.45, 2.75) is 32.6 Å². The molecule has 2 heterocycles. The van der Waals surface area contributed by atoms with Gasteiger partial charge in [-0.2, -0.15) is 0 Å². The van der Waals surface area contributed by atoms with Gasteiger partial charge in [0.15, 0.2) is 0 Å². The zero-order valence-corrected chi connectivity index (χ0v) is 15.1. The highest BCUT2D eigenvalue weighted by Gasteiger charge is 2.20. The lowest BCUT2D eigenvalue weighted by molar-refractivity contribution is 0.700. The molecule has 4 rings (SSSR count). The third kappa shape index (κ3) is 2.91. The van der Waals surface area contributed by atoms with Crippen molar-refractivity contribution >= 4 is 57.1 Å². The molecule has 0 amide bonds. The molecule has 0 atom stereocenters. The molecule has 2 aromatic heterocycles. The SMILES string of the molecule is Cc1c(Cl)cccc1Nc1ncnc2sc3c(c12)CCCC3.Cl. The van der Waals surface area contributed by atoms with E-state index < -0.39 is 0 Å². The number of nitrogens with zero attached hydrogens (tertiary/aromatic N) is 2. The molecular formula is C17H17Cl2N3S. The van der Waals surface area contributed by atoms with E-state index in [4.69, 9.17) is 11.6 Å². The van der Waals surface area contributed by atoms with E-state index in [2.05, 4.69) is 15.3 Å². The van der Waals surface area contributed by atoms with Crippen LogP contribution in [0.3, 0.4) is 0 Å². The Bertz CT molecular complexity index is 860.